The van der Waals surface area contributed by atoms with Gasteiger partial charge in [0.05, 0.1) is 12.8 Å². The first kappa shape index (κ1) is 29.9. The summed E-state index contributed by atoms with van der Waals surface area (Å²) in [7, 11) is 0. The average Bonchev–Trinajstić information content (AvgIpc) is 3.02. The predicted octanol–water partition coefficient (Wildman–Crippen LogP) is 4.31. The van der Waals surface area contributed by atoms with Crippen LogP contribution >= 0.6 is 0 Å². The fourth-order valence-corrected chi connectivity index (χ4v) is 4.35. The Morgan fingerprint density at radius 3 is 2.19 bits per heavy atom. The van der Waals surface area contributed by atoms with Crippen molar-refractivity contribution in [2.24, 2.45) is 5.10 Å². The minimum absolute atomic E-state index is 0.0319. The number of hydrogen-bond donors (Lipinski definition) is 3. The molecular formula is C32H32N4O6. The summed E-state index contributed by atoms with van der Waals surface area (Å²) in [4.78, 5) is 51.2. The summed E-state index contributed by atoms with van der Waals surface area (Å²) in [6, 6.07) is 22.6. The largest absolute Gasteiger partial charge is 0.456 e. The van der Waals surface area contributed by atoms with Gasteiger partial charge in [0, 0.05) is 30.5 Å². The molecular weight excluding hydrogens is 536 g/mol. The van der Waals surface area contributed by atoms with E-state index in [4.69, 9.17) is 9.94 Å². The Morgan fingerprint density at radius 2 is 1.52 bits per heavy atom. The first-order valence-electron chi connectivity index (χ1n) is 13.6. The van der Waals surface area contributed by atoms with Gasteiger partial charge in [-0.2, -0.15) is 5.10 Å². The van der Waals surface area contributed by atoms with Gasteiger partial charge in [-0.3, -0.25) is 24.4 Å². The summed E-state index contributed by atoms with van der Waals surface area (Å²) >= 11 is 0. The highest BCUT2D eigenvalue weighted by Gasteiger charge is 2.24. The SMILES string of the molecule is O=C1CC/C=C/CCC(=O)N(Cc2ccc(/C=N/NC(=O)c3ccc(C(=O)NO)cc3)cc2)C[C@@H](c2ccccc2)O1. The number of carbonyl (C=O) groups is 4. The highest BCUT2D eigenvalue weighted by atomic mass is 16.5. The fraction of sp³-hybridized carbons (Fsp3) is 0.219. The molecule has 3 amide bonds. The molecule has 4 rings (SSSR count). The van der Waals surface area contributed by atoms with E-state index < -0.39 is 17.9 Å². The molecule has 42 heavy (non-hydrogen) atoms. The van der Waals surface area contributed by atoms with Crippen molar-refractivity contribution in [2.75, 3.05) is 6.54 Å². The highest BCUT2D eigenvalue weighted by Crippen LogP contribution is 2.22. The van der Waals surface area contributed by atoms with Crippen LogP contribution in [0.15, 0.2) is 96.1 Å². The van der Waals surface area contributed by atoms with Crippen molar-refractivity contribution in [3.63, 3.8) is 0 Å². The molecule has 3 aromatic rings. The Hall–Kier alpha value is -5.09. The molecule has 0 unspecified atom stereocenters. The molecule has 1 atom stereocenters. The number of benzene rings is 3. The second-order valence-corrected chi connectivity index (χ2v) is 9.67. The molecule has 3 aromatic carbocycles. The average molecular weight is 569 g/mol. The number of amides is 3. The maximum atomic E-state index is 13.2. The lowest BCUT2D eigenvalue weighted by Gasteiger charge is -2.28. The van der Waals surface area contributed by atoms with Crippen molar-refractivity contribution in [3.05, 3.63) is 119 Å². The number of hydroxylamine groups is 1. The maximum absolute atomic E-state index is 13.2. The summed E-state index contributed by atoms with van der Waals surface area (Å²) in [5.74, 6) is -1.47. The van der Waals surface area contributed by atoms with Crippen LogP contribution in [0.25, 0.3) is 0 Å². The second kappa shape index (κ2) is 15.1. The van der Waals surface area contributed by atoms with Crippen LogP contribution in [0.1, 0.15) is 69.2 Å². The van der Waals surface area contributed by atoms with Crippen LogP contribution in [0.2, 0.25) is 0 Å². The van der Waals surface area contributed by atoms with Crippen LogP contribution in [0.4, 0.5) is 0 Å². The number of allylic oxidation sites excluding steroid dienone is 2. The minimum Gasteiger partial charge on any atom is -0.456 e. The minimum atomic E-state index is -0.674. The molecule has 0 saturated carbocycles. The van der Waals surface area contributed by atoms with E-state index in [1.54, 1.807) is 4.90 Å². The summed E-state index contributed by atoms with van der Waals surface area (Å²) < 4.78 is 5.82. The lowest BCUT2D eigenvalue weighted by Crippen LogP contribution is -2.35. The number of cyclic esters (lactones) is 1. The van der Waals surface area contributed by atoms with Crippen LogP contribution in [-0.4, -0.2) is 46.6 Å². The van der Waals surface area contributed by atoms with E-state index in [1.807, 2.05) is 66.7 Å². The molecule has 3 N–H and O–H groups in total. The first-order chi connectivity index (χ1) is 20.4. The van der Waals surface area contributed by atoms with Gasteiger partial charge in [-0.15, -0.1) is 0 Å². The highest BCUT2D eigenvalue weighted by molar-refractivity contribution is 5.97. The molecule has 10 heteroatoms. The molecule has 216 valence electrons. The third-order valence-corrected chi connectivity index (χ3v) is 6.63. The van der Waals surface area contributed by atoms with Crippen molar-refractivity contribution in [1.82, 2.24) is 15.8 Å². The van der Waals surface area contributed by atoms with Crippen molar-refractivity contribution in [1.29, 1.82) is 0 Å². The van der Waals surface area contributed by atoms with E-state index in [1.165, 1.54) is 36.0 Å². The molecule has 1 heterocycles. The van der Waals surface area contributed by atoms with Gasteiger partial charge < -0.3 is 9.64 Å². The van der Waals surface area contributed by atoms with Gasteiger partial charge in [0.2, 0.25) is 5.91 Å². The molecule has 0 spiro atoms. The number of hydrogen-bond acceptors (Lipinski definition) is 7. The summed E-state index contributed by atoms with van der Waals surface area (Å²) in [5.41, 5.74) is 6.92. The molecule has 1 aliphatic rings. The Morgan fingerprint density at radius 1 is 0.881 bits per heavy atom. The third kappa shape index (κ3) is 8.70. The predicted molar refractivity (Wildman–Crippen MR) is 155 cm³/mol. The molecule has 0 bridgehead atoms. The number of carbonyl (C=O) groups excluding carboxylic acids is 4. The normalized spacial score (nSPS) is 17.1. The monoisotopic (exact) mass is 568 g/mol. The zero-order valence-corrected chi connectivity index (χ0v) is 22.9. The third-order valence-electron chi connectivity index (χ3n) is 6.63. The number of nitrogens with zero attached hydrogens (tertiary/aromatic N) is 2. The van der Waals surface area contributed by atoms with Gasteiger partial charge in [-0.25, -0.2) is 10.9 Å². The number of rotatable bonds is 7. The maximum Gasteiger partial charge on any atom is 0.306 e. The van der Waals surface area contributed by atoms with Gasteiger partial charge in [-0.05, 0) is 53.8 Å². The number of esters is 1. The van der Waals surface area contributed by atoms with Crippen molar-refractivity contribution >= 4 is 29.9 Å². The molecule has 10 nitrogen and oxygen atoms in total. The number of hydrazone groups is 1. The van der Waals surface area contributed by atoms with Crippen LogP contribution < -0.4 is 10.9 Å². The second-order valence-electron chi connectivity index (χ2n) is 9.67. The van der Waals surface area contributed by atoms with E-state index in [9.17, 15) is 19.2 Å². The Labute approximate surface area is 243 Å². The van der Waals surface area contributed by atoms with E-state index in [0.717, 1.165) is 16.7 Å². The summed E-state index contributed by atoms with van der Waals surface area (Å²) in [5, 5.41) is 12.7. The van der Waals surface area contributed by atoms with E-state index in [0.29, 0.717) is 31.4 Å². The van der Waals surface area contributed by atoms with Crippen LogP contribution in [0.3, 0.4) is 0 Å². The van der Waals surface area contributed by atoms with Crippen LogP contribution in [0.5, 0.6) is 0 Å². The quantitative estimate of drug-likeness (QED) is 0.128. The molecule has 0 aromatic heterocycles. The topological polar surface area (TPSA) is 137 Å². The van der Waals surface area contributed by atoms with Gasteiger partial charge in [0.15, 0.2) is 0 Å². The van der Waals surface area contributed by atoms with Gasteiger partial charge in [0.1, 0.15) is 6.10 Å². The lowest BCUT2D eigenvalue weighted by molar-refractivity contribution is -0.152. The summed E-state index contributed by atoms with van der Waals surface area (Å²) in [6.45, 7) is 0.571. The van der Waals surface area contributed by atoms with E-state index >= 15 is 0 Å². The van der Waals surface area contributed by atoms with Crippen molar-refractivity contribution in [2.45, 2.75) is 38.3 Å². The molecule has 0 radical (unpaired) electrons. The van der Waals surface area contributed by atoms with Crippen LogP contribution in [-0.2, 0) is 20.9 Å². The van der Waals surface area contributed by atoms with Gasteiger partial charge in [0.25, 0.3) is 11.8 Å². The Balaban J connectivity index is 1.41. The van der Waals surface area contributed by atoms with Gasteiger partial charge in [-0.1, -0.05) is 66.7 Å². The smallest absolute Gasteiger partial charge is 0.306 e. The molecule has 0 fully saturated rings. The Bertz CT molecular complexity index is 1440. The molecule has 1 aliphatic heterocycles. The zero-order chi connectivity index (χ0) is 29.7. The standard InChI is InChI=1S/C32H32N4O6/c37-29-10-6-1-2-7-11-30(38)42-28(25-8-4-3-5-9-25)22-36(29)21-24-14-12-23(13-15-24)20-33-34-31(39)26-16-18-27(19-17-26)32(40)35-41/h1-5,8-9,12-20,28,41H,6-7,10-11,21-22H2,(H,34,39)(H,35,40)/b2-1+,33-20+/t28-/m0/s1. The fourth-order valence-electron chi connectivity index (χ4n) is 4.35. The van der Waals surface area contributed by atoms with Gasteiger partial charge >= 0.3 is 5.97 Å². The van der Waals surface area contributed by atoms with Crippen LogP contribution in [0, 0.1) is 0 Å². The number of ether oxygens (including phenoxy) is 1. The van der Waals surface area contributed by atoms with E-state index in [2.05, 4.69) is 10.5 Å². The van der Waals surface area contributed by atoms with Crippen molar-refractivity contribution < 1.29 is 29.1 Å². The first-order valence-corrected chi connectivity index (χ1v) is 13.6. The Kier molecular flexibility index (Phi) is 10.7. The lowest BCUT2D eigenvalue weighted by atomic mass is 10.1. The summed E-state index contributed by atoms with van der Waals surface area (Å²) in [6.07, 6.45) is 6.57. The van der Waals surface area contributed by atoms with Crippen molar-refractivity contribution in [3.8, 4) is 0 Å². The van der Waals surface area contributed by atoms with E-state index in [-0.39, 0.29) is 30.4 Å². The molecule has 0 aliphatic carbocycles. The number of nitrogens with one attached hydrogen (secondary N) is 2. The zero-order valence-electron chi connectivity index (χ0n) is 22.9. The molecule has 0 saturated heterocycles.